The molecular weight excluding hydrogens is 371 g/mol. The lowest BCUT2D eigenvalue weighted by atomic mass is 9.97. The van der Waals surface area contributed by atoms with Crippen LogP contribution in [0.25, 0.3) is 0 Å². The highest BCUT2D eigenvalue weighted by molar-refractivity contribution is 5.93. The molecule has 0 spiro atoms. The Morgan fingerprint density at radius 2 is 1.78 bits per heavy atom. The second kappa shape index (κ2) is 6.51. The average Bonchev–Trinajstić information content (AvgIpc) is 3.34. The standard InChI is InChI=1S/C19H15F5O3/c1-10-7-11(20)3-4-15(10)27-16-9-14(19(22,23)24)13(18(21)5-6-18)8-12(16)17(25)26-2/h3-4,7-9H,5-6H2,1-2H3. The molecule has 27 heavy (non-hydrogen) atoms. The second-order valence-corrected chi connectivity index (χ2v) is 6.36. The van der Waals surface area contributed by atoms with E-state index >= 15 is 0 Å². The predicted octanol–water partition coefficient (Wildman–Crippen LogP) is 5.69. The zero-order chi connectivity index (χ0) is 20.0. The summed E-state index contributed by atoms with van der Waals surface area (Å²) in [7, 11) is 1.05. The molecule has 0 aliphatic heterocycles. The van der Waals surface area contributed by atoms with Gasteiger partial charge >= 0.3 is 12.1 Å². The van der Waals surface area contributed by atoms with Crippen LogP contribution in [-0.2, 0) is 16.6 Å². The summed E-state index contributed by atoms with van der Waals surface area (Å²) in [5, 5.41) is 0. The van der Waals surface area contributed by atoms with Gasteiger partial charge in [-0.15, -0.1) is 0 Å². The van der Waals surface area contributed by atoms with Crippen molar-refractivity contribution in [2.45, 2.75) is 31.6 Å². The van der Waals surface area contributed by atoms with E-state index in [1.165, 1.54) is 13.0 Å². The van der Waals surface area contributed by atoms with E-state index in [-0.39, 0.29) is 24.2 Å². The number of hydrogen-bond acceptors (Lipinski definition) is 3. The van der Waals surface area contributed by atoms with Gasteiger partial charge in [0.15, 0.2) is 0 Å². The molecule has 1 fully saturated rings. The molecule has 3 rings (SSSR count). The fourth-order valence-corrected chi connectivity index (χ4v) is 2.76. The van der Waals surface area contributed by atoms with Crippen LogP contribution in [0, 0.1) is 12.7 Å². The molecule has 2 aromatic carbocycles. The molecular formula is C19H15F5O3. The minimum atomic E-state index is -4.85. The van der Waals surface area contributed by atoms with Crippen LogP contribution in [0.15, 0.2) is 30.3 Å². The zero-order valence-corrected chi connectivity index (χ0v) is 14.4. The summed E-state index contributed by atoms with van der Waals surface area (Å²) in [6.07, 6.45) is -4.97. The minimum Gasteiger partial charge on any atom is -0.465 e. The smallest absolute Gasteiger partial charge is 0.416 e. The number of benzene rings is 2. The van der Waals surface area contributed by atoms with E-state index in [4.69, 9.17) is 4.74 Å². The molecule has 0 radical (unpaired) electrons. The summed E-state index contributed by atoms with van der Waals surface area (Å²) >= 11 is 0. The summed E-state index contributed by atoms with van der Waals surface area (Å²) < 4.78 is 78.2. The Balaban J connectivity index is 2.17. The van der Waals surface area contributed by atoms with Gasteiger partial charge in [-0.2, -0.15) is 13.2 Å². The van der Waals surface area contributed by atoms with Crippen molar-refractivity contribution >= 4 is 5.97 Å². The number of esters is 1. The zero-order valence-electron chi connectivity index (χ0n) is 14.4. The van der Waals surface area contributed by atoms with Gasteiger partial charge < -0.3 is 9.47 Å². The van der Waals surface area contributed by atoms with Gasteiger partial charge in [-0.25, -0.2) is 13.6 Å². The third kappa shape index (κ3) is 3.74. The first-order valence-corrected chi connectivity index (χ1v) is 8.02. The molecule has 0 heterocycles. The fraction of sp³-hybridized carbons (Fsp3) is 0.316. The van der Waals surface area contributed by atoms with E-state index < -0.39 is 40.5 Å². The molecule has 3 nitrogen and oxygen atoms in total. The Morgan fingerprint density at radius 1 is 1.11 bits per heavy atom. The van der Waals surface area contributed by atoms with Crippen LogP contribution >= 0.6 is 0 Å². The molecule has 144 valence electrons. The van der Waals surface area contributed by atoms with Crippen molar-refractivity contribution in [1.82, 2.24) is 0 Å². The van der Waals surface area contributed by atoms with Gasteiger partial charge in [-0.05, 0) is 55.7 Å². The van der Waals surface area contributed by atoms with E-state index in [1.807, 2.05) is 0 Å². The van der Waals surface area contributed by atoms with Gasteiger partial charge in [0.1, 0.15) is 28.5 Å². The average molecular weight is 386 g/mol. The summed E-state index contributed by atoms with van der Waals surface area (Å²) in [6, 6.07) is 4.84. The highest BCUT2D eigenvalue weighted by Gasteiger charge is 2.51. The van der Waals surface area contributed by atoms with Gasteiger partial charge in [-0.3, -0.25) is 0 Å². The SMILES string of the molecule is COC(=O)c1cc(C2(F)CC2)c(C(F)(F)F)cc1Oc1ccc(F)cc1C. The van der Waals surface area contributed by atoms with Crippen LogP contribution in [0.2, 0.25) is 0 Å². The molecule has 1 saturated carbocycles. The maximum absolute atomic E-state index is 14.5. The number of carbonyl (C=O) groups excluding carboxylic acids is 1. The van der Waals surface area contributed by atoms with Crippen molar-refractivity contribution in [2.75, 3.05) is 7.11 Å². The second-order valence-electron chi connectivity index (χ2n) is 6.36. The Bertz CT molecular complexity index is 901. The first-order chi connectivity index (χ1) is 12.5. The third-order valence-corrected chi connectivity index (χ3v) is 4.36. The molecule has 1 aliphatic carbocycles. The molecule has 0 atom stereocenters. The Labute approximate surface area is 151 Å². The molecule has 0 amide bonds. The summed E-state index contributed by atoms with van der Waals surface area (Å²) in [5.74, 6) is -1.91. The molecule has 1 aliphatic rings. The topological polar surface area (TPSA) is 35.5 Å². The number of carbonyl (C=O) groups is 1. The normalized spacial score (nSPS) is 15.4. The van der Waals surface area contributed by atoms with Gasteiger partial charge in [0, 0.05) is 5.56 Å². The predicted molar refractivity (Wildman–Crippen MR) is 86.0 cm³/mol. The summed E-state index contributed by atoms with van der Waals surface area (Å²) in [4.78, 5) is 12.1. The van der Waals surface area contributed by atoms with Crippen molar-refractivity contribution in [1.29, 1.82) is 0 Å². The van der Waals surface area contributed by atoms with Crippen molar-refractivity contribution in [2.24, 2.45) is 0 Å². The lowest BCUT2D eigenvalue weighted by Gasteiger charge is -2.20. The number of methoxy groups -OCH3 is 1. The van der Waals surface area contributed by atoms with E-state index in [0.29, 0.717) is 11.6 Å². The maximum Gasteiger partial charge on any atom is 0.416 e. The molecule has 0 unspecified atom stereocenters. The minimum absolute atomic E-state index is 0.0591. The molecule has 0 N–H and O–H groups in total. The molecule has 0 aromatic heterocycles. The van der Waals surface area contributed by atoms with Crippen LogP contribution in [-0.4, -0.2) is 13.1 Å². The van der Waals surface area contributed by atoms with E-state index in [1.54, 1.807) is 0 Å². The van der Waals surface area contributed by atoms with Gasteiger partial charge in [0.2, 0.25) is 0 Å². The Morgan fingerprint density at radius 3 is 2.30 bits per heavy atom. The van der Waals surface area contributed by atoms with Crippen molar-refractivity contribution < 1.29 is 36.2 Å². The lowest BCUT2D eigenvalue weighted by Crippen LogP contribution is -2.16. The van der Waals surface area contributed by atoms with Crippen LogP contribution < -0.4 is 4.74 Å². The Kier molecular flexibility index (Phi) is 4.61. The van der Waals surface area contributed by atoms with E-state index in [9.17, 15) is 26.7 Å². The van der Waals surface area contributed by atoms with E-state index in [0.717, 1.165) is 25.3 Å². The molecule has 0 bridgehead atoms. The number of ether oxygens (including phenoxy) is 2. The van der Waals surface area contributed by atoms with Crippen LogP contribution in [0.4, 0.5) is 22.0 Å². The number of hydrogen-bond donors (Lipinski definition) is 0. The molecule has 8 heteroatoms. The summed E-state index contributed by atoms with van der Waals surface area (Å²) in [6.45, 7) is 1.50. The van der Waals surface area contributed by atoms with Gasteiger partial charge in [0.05, 0.1) is 12.7 Å². The largest absolute Gasteiger partial charge is 0.465 e. The maximum atomic E-state index is 14.5. The van der Waals surface area contributed by atoms with Gasteiger partial charge in [-0.1, -0.05) is 0 Å². The number of aryl methyl sites for hydroxylation is 1. The van der Waals surface area contributed by atoms with Crippen molar-refractivity contribution in [3.05, 3.63) is 58.4 Å². The first-order valence-electron chi connectivity index (χ1n) is 8.02. The van der Waals surface area contributed by atoms with Crippen LogP contribution in [0.3, 0.4) is 0 Å². The van der Waals surface area contributed by atoms with Crippen LogP contribution in [0.5, 0.6) is 11.5 Å². The highest BCUT2D eigenvalue weighted by atomic mass is 19.4. The lowest BCUT2D eigenvalue weighted by molar-refractivity contribution is -0.139. The van der Waals surface area contributed by atoms with Gasteiger partial charge in [0.25, 0.3) is 0 Å². The number of alkyl halides is 4. The number of halogens is 5. The quantitative estimate of drug-likeness (QED) is 0.500. The third-order valence-electron chi connectivity index (χ3n) is 4.36. The molecule has 2 aromatic rings. The Hall–Kier alpha value is -2.64. The number of rotatable bonds is 4. The highest BCUT2D eigenvalue weighted by Crippen LogP contribution is 2.54. The summed E-state index contributed by atoms with van der Waals surface area (Å²) in [5.41, 5.74) is -3.98. The van der Waals surface area contributed by atoms with Crippen molar-refractivity contribution in [3.8, 4) is 11.5 Å². The monoisotopic (exact) mass is 386 g/mol. The van der Waals surface area contributed by atoms with E-state index in [2.05, 4.69) is 4.74 Å². The fourth-order valence-electron chi connectivity index (χ4n) is 2.76. The first kappa shape index (κ1) is 19.1. The molecule has 0 saturated heterocycles. The van der Waals surface area contributed by atoms with Crippen molar-refractivity contribution in [3.63, 3.8) is 0 Å². The van der Waals surface area contributed by atoms with Crippen LogP contribution in [0.1, 0.15) is 39.9 Å².